The van der Waals surface area contributed by atoms with Crippen molar-refractivity contribution < 1.29 is 33.3 Å². The number of ether oxygens (including phenoxy) is 5. The van der Waals surface area contributed by atoms with E-state index in [4.69, 9.17) is 23.7 Å². The van der Waals surface area contributed by atoms with Gasteiger partial charge in [-0.05, 0) is 86.9 Å². The molecule has 4 saturated carbocycles. The minimum atomic E-state index is -0.178. The van der Waals surface area contributed by atoms with E-state index in [1.807, 2.05) is 11.8 Å². The van der Waals surface area contributed by atoms with Gasteiger partial charge in [0.1, 0.15) is 0 Å². The topological polar surface area (TPSA) is 104 Å². The fourth-order valence-corrected chi connectivity index (χ4v) is 12.6. The summed E-state index contributed by atoms with van der Waals surface area (Å²) in [6, 6.07) is 0. The zero-order valence-corrected chi connectivity index (χ0v) is 39.5. The number of hydrogen-bond donors (Lipinski definition) is 2. The van der Waals surface area contributed by atoms with E-state index >= 15 is 0 Å². The quantitative estimate of drug-likeness (QED) is 0.0717. The Balaban J connectivity index is 1.05. The smallest absolute Gasteiger partial charge is 0.223 e. The van der Waals surface area contributed by atoms with Gasteiger partial charge in [-0.15, -0.1) is 0 Å². The van der Waals surface area contributed by atoms with Crippen molar-refractivity contribution in [2.24, 2.45) is 51.8 Å². The molecule has 4 aliphatic rings. The molecular weight excluding hydrogens is 757 g/mol. The van der Waals surface area contributed by atoms with Gasteiger partial charge >= 0.3 is 0 Å². The van der Waals surface area contributed by atoms with Crippen LogP contribution in [0.25, 0.3) is 0 Å². The Morgan fingerprint density at radius 2 is 1.07 bits per heavy atom. The molecule has 0 aromatic heterocycles. The van der Waals surface area contributed by atoms with Gasteiger partial charge in [0, 0.05) is 70.0 Å². The third kappa shape index (κ3) is 16.7. The van der Waals surface area contributed by atoms with E-state index in [0.717, 1.165) is 77.1 Å². The van der Waals surface area contributed by atoms with Crippen LogP contribution in [0.2, 0.25) is 0 Å². The van der Waals surface area contributed by atoms with Crippen LogP contribution in [0.4, 0.5) is 0 Å². The summed E-state index contributed by atoms with van der Waals surface area (Å²) in [5.41, 5.74) is -0.164. The zero-order valence-electron chi connectivity index (χ0n) is 37.8. The van der Waals surface area contributed by atoms with Crippen molar-refractivity contribution >= 4 is 35.3 Å². The number of nitrogens with one attached hydrogen (secondary N) is 2. The van der Waals surface area contributed by atoms with Gasteiger partial charge in [0.05, 0.1) is 52.9 Å². The molecule has 4 aliphatic carbocycles. The predicted octanol–water partition coefficient (Wildman–Crippen LogP) is 8.66. The lowest BCUT2D eigenvalue weighted by atomic mass is 9.87. The second kappa shape index (κ2) is 23.0. The second-order valence-corrected chi connectivity index (χ2v) is 24.2. The van der Waals surface area contributed by atoms with Crippen molar-refractivity contribution in [3.05, 3.63) is 0 Å². The van der Waals surface area contributed by atoms with Crippen LogP contribution in [-0.4, -0.2) is 112 Å². The van der Waals surface area contributed by atoms with Gasteiger partial charge < -0.3 is 34.3 Å². The van der Waals surface area contributed by atoms with E-state index < -0.39 is 0 Å². The highest BCUT2D eigenvalue weighted by molar-refractivity contribution is 8.01. The lowest BCUT2D eigenvalue weighted by Gasteiger charge is -2.36. The van der Waals surface area contributed by atoms with E-state index in [1.54, 1.807) is 0 Å². The van der Waals surface area contributed by atoms with Crippen molar-refractivity contribution in [2.75, 3.05) is 84.9 Å². The maximum atomic E-state index is 13.4. The predicted molar refractivity (Wildman–Crippen MR) is 237 cm³/mol. The summed E-state index contributed by atoms with van der Waals surface area (Å²) in [5, 5.41) is 7.91. The summed E-state index contributed by atoms with van der Waals surface area (Å²) in [7, 11) is 0. The first-order chi connectivity index (χ1) is 26.9. The van der Waals surface area contributed by atoms with Crippen LogP contribution in [0.15, 0.2) is 0 Å². The molecule has 9 nitrogen and oxygen atoms in total. The van der Waals surface area contributed by atoms with Gasteiger partial charge in [-0.3, -0.25) is 9.59 Å². The lowest BCUT2D eigenvalue weighted by molar-refractivity contribution is -0.127. The normalized spacial score (nSPS) is 28.2. The number of rotatable bonds is 29. The van der Waals surface area contributed by atoms with Gasteiger partial charge in [0.15, 0.2) is 0 Å². The molecule has 0 heterocycles. The lowest BCUT2D eigenvalue weighted by Crippen LogP contribution is -2.43. The third-order valence-electron chi connectivity index (χ3n) is 12.9. The van der Waals surface area contributed by atoms with Crippen LogP contribution in [0.3, 0.4) is 0 Å². The number of carbonyl (C=O) groups is 2. The highest BCUT2D eigenvalue weighted by atomic mass is 32.2. The molecule has 0 spiro atoms. The second-order valence-electron chi connectivity index (χ2n) is 21.0. The molecule has 9 atom stereocenters. The highest BCUT2D eigenvalue weighted by Gasteiger charge is 2.51. The van der Waals surface area contributed by atoms with Crippen molar-refractivity contribution in [3.8, 4) is 0 Å². The highest BCUT2D eigenvalue weighted by Crippen LogP contribution is 2.56. The third-order valence-corrected chi connectivity index (χ3v) is 16.2. The molecule has 0 saturated heterocycles. The van der Waals surface area contributed by atoms with Gasteiger partial charge in [-0.1, -0.05) is 69.2 Å². The van der Waals surface area contributed by atoms with Crippen LogP contribution < -0.4 is 10.6 Å². The molecule has 4 fully saturated rings. The average Bonchev–Trinajstić information content (AvgIpc) is 3.95. The first-order valence-corrected chi connectivity index (χ1v) is 24.6. The molecule has 332 valence electrons. The summed E-state index contributed by atoms with van der Waals surface area (Å²) < 4.78 is 29.4. The minimum absolute atomic E-state index is 0.138. The summed E-state index contributed by atoms with van der Waals surface area (Å²) >= 11 is 4.20. The van der Waals surface area contributed by atoms with E-state index in [-0.39, 0.29) is 44.6 Å². The number of fused-ring (bicyclic) bond motifs is 4. The van der Waals surface area contributed by atoms with Crippen LogP contribution in [-0.2, 0) is 33.3 Å². The van der Waals surface area contributed by atoms with Crippen LogP contribution in [0.1, 0.15) is 127 Å². The summed E-state index contributed by atoms with van der Waals surface area (Å²) in [6.45, 7) is 30.1. The maximum Gasteiger partial charge on any atom is 0.223 e. The van der Waals surface area contributed by atoms with E-state index in [2.05, 4.69) is 91.6 Å². The largest absolute Gasteiger partial charge is 0.380 e. The molecule has 2 amide bonds. The summed E-state index contributed by atoms with van der Waals surface area (Å²) in [4.78, 5) is 26.8. The van der Waals surface area contributed by atoms with Gasteiger partial charge in [0.25, 0.3) is 0 Å². The molecule has 0 aromatic rings. The number of carbonyl (C=O) groups excluding carboxylic acids is 2. The zero-order chi connectivity index (χ0) is 41.7. The molecule has 11 heteroatoms. The summed E-state index contributed by atoms with van der Waals surface area (Å²) in [5.74, 6) is 4.01. The SMILES string of the molecule is CCCOCCOCCC(C)(CC)SC1CC2CC1CC2C(=O)NCC(C)(C)COCC(C)(C)CNC(=O)C1CC2CC1CC2SCCOCCOCC(C)(C)C. The maximum absolute atomic E-state index is 13.4. The van der Waals surface area contributed by atoms with Gasteiger partial charge in [-0.2, -0.15) is 23.5 Å². The van der Waals surface area contributed by atoms with Crippen molar-refractivity contribution in [1.29, 1.82) is 0 Å². The first-order valence-electron chi connectivity index (χ1n) is 22.7. The molecular formula is C46H84N2O7S2. The Bertz CT molecular complexity index is 1210. The standard InChI is InChI=1S/C46H84N2O7S2/c1-11-14-51-16-17-52-15-13-46(10,12-2)57-40-27-34-23-36(40)25-38(34)42(50)48-29-45(8,9)32-55-31-44(6,7)28-47-41(49)37-24-35-22-33(37)26-39(35)56-21-20-53-18-19-54-30-43(3,4)5/h33-40H,11-32H2,1-10H3,(H,47,49)(H,48,50). The number of amides is 2. The number of thioether (sulfide) groups is 2. The Kier molecular flexibility index (Phi) is 19.9. The first kappa shape index (κ1) is 49.1. The fourth-order valence-electron chi connectivity index (χ4n) is 9.35. The molecule has 4 rings (SSSR count). The van der Waals surface area contributed by atoms with Crippen molar-refractivity contribution in [2.45, 2.75) is 142 Å². The van der Waals surface area contributed by atoms with Crippen LogP contribution >= 0.6 is 23.5 Å². The Labute approximate surface area is 356 Å². The van der Waals surface area contributed by atoms with Crippen LogP contribution in [0, 0.1) is 51.8 Å². The molecule has 0 aliphatic heterocycles. The molecule has 2 N–H and O–H groups in total. The fraction of sp³-hybridized carbons (Fsp3) is 0.957. The van der Waals surface area contributed by atoms with Crippen LogP contribution in [0.5, 0.6) is 0 Å². The Morgan fingerprint density at radius 1 is 0.561 bits per heavy atom. The molecule has 0 aromatic carbocycles. The Hall–Kier alpha value is -0.560. The van der Waals surface area contributed by atoms with E-state index in [9.17, 15) is 9.59 Å². The van der Waals surface area contributed by atoms with Gasteiger partial charge in [-0.25, -0.2) is 0 Å². The number of hydrogen-bond acceptors (Lipinski definition) is 9. The van der Waals surface area contributed by atoms with E-state index in [1.165, 1.54) is 12.8 Å². The van der Waals surface area contributed by atoms with E-state index in [0.29, 0.717) is 86.9 Å². The van der Waals surface area contributed by atoms with Crippen molar-refractivity contribution in [1.82, 2.24) is 10.6 Å². The molecule has 9 unspecified atom stereocenters. The molecule has 0 radical (unpaired) electrons. The summed E-state index contributed by atoms with van der Waals surface area (Å²) in [6.07, 6.45) is 9.92. The monoisotopic (exact) mass is 841 g/mol. The minimum Gasteiger partial charge on any atom is -0.380 e. The average molecular weight is 841 g/mol. The molecule has 57 heavy (non-hydrogen) atoms. The molecule has 4 bridgehead atoms. The van der Waals surface area contributed by atoms with Crippen molar-refractivity contribution in [3.63, 3.8) is 0 Å². The van der Waals surface area contributed by atoms with Gasteiger partial charge in [0.2, 0.25) is 11.8 Å². The Morgan fingerprint density at radius 3 is 1.56 bits per heavy atom.